The van der Waals surface area contributed by atoms with Gasteiger partial charge in [0.2, 0.25) is 0 Å². The minimum atomic E-state index is -0.482. The Kier molecular flexibility index (Phi) is 6.64. The Bertz CT molecular complexity index is 572. The monoisotopic (exact) mass is 333 g/mol. The van der Waals surface area contributed by atoms with E-state index in [9.17, 15) is 9.59 Å². The molecule has 0 bridgehead atoms. The Balaban J connectivity index is 2.03. The van der Waals surface area contributed by atoms with E-state index in [4.69, 9.17) is 9.47 Å². The zero-order valence-corrected chi connectivity index (χ0v) is 14.8. The summed E-state index contributed by atoms with van der Waals surface area (Å²) >= 11 is 0. The molecule has 24 heavy (non-hydrogen) atoms. The fourth-order valence-corrected chi connectivity index (χ4v) is 3.07. The van der Waals surface area contributed by atoms with Crippen LogP contribution in [0.15, 0.2) is 24.3 Å². The minimum absolute atomic E-state index is 0.0546. The second-order valence-corrected chi connectivity index (χ2v) is 6.26. The number of benzene rings is 1. The first-order chi connectivity index (χ1) is 11.6. The van der Waals surface area contributed by atoms with Crippen LogP contribution in [0.2, 0.25) is 0 Å². The highest BCUT2D eigenvalue weighted by Crippen LogP contribution is 2.28. The lowest BCUT2D eigenvalue weighted by Crippen LogP contribution is -2.50. The van der Waals surface area contributed by atoms with E-state index in [1.54, 1.807) is 4.90 Å². The van der Waals surface area contributed by atoms with Crippen LogP contribution in [0.25, 0.3) is 0 Å². The Morgan fingerprint density at radius 1 is 1.29 bits per heavy atom. The van der Waals surface area contributed by atoms with Crippen molar-refractivity contribution in [2.45, 2.75) is 51.5 Å². The molecule has 0 aromatic heterocycles. The number of para-hydroxylation sites is 1. The number of nitrogens with zero attached hydrogens (tertiary/aromatic N) is 1. The molecule has 1 aromatic rings. The fraction of sp³-hybridized carbons (Fsp3) is 0.579. The molecule has 0 N–H and O–H groups in total. The van der Waals surface area contributed by atoms with Crippen molar-refractivity contribution in [3.63, 3.8) is 0 Å². The van der Waals surface area contributed by atoms with Crippen LogP contribution in [-0.2, 0) is 14.3 Å². The zero-order chi connectivity index (χ0) is 17.5. The van der Waals surface area contributed by atoms with Gasteiger partial charge in [0.05, 0.1) is 7.11 Å². The Hall–Kier alpha value is -2.04. The number of amides is 1. The van der Waals surface area contributed by atoms with Gasteiger partial charge in [-0.2, -0.15) is 0 Å². The van der Waals surface area contributed by atoms with Crippen molar-refractivity contribution < 1.29 is 19.1 Å². The summed E-state index contributed by atoms with van der Waals surface area (Å²) in [5, 5.41) is 0. The molecule has 2 atom stereocenters. The van der Waals surface area contributed by atoms with Gasteiger partial charge in [-0.15, -0.1) is 0 Å². The van der Waals surface area contributed by atoms with E-state index in [1.165, 1.54) is 7.11 Å². The van der Waals surface area contributed by atoms with E-state index in [2.05, 4.69) is 13.8 Å². The molecule has 1 aliphatic rings. The molecule has 0 spiro atoms. The van der Waals surface area contributed by atoms with Gasteiger partial charge < -0.3 is 14.4 Å². The van der Waals surface area contributed by atoms with Crippen LogP contribution in [0.3, 0.4) is 0 Å². The molecule has 132 valence electrons. The van der Waals surface area contributed by atoms with Crippen LogP contribution >= 0.6 is 0 Å². The summed E-state index contributed by atoms with van der Waals surface area (Å²) in [4.78, 5) is 26.0. The van der Waals surface area contributed by atoms with E-state index in [0.29, 0.717) is 18.9 Å². The fourth-order valence-electron chi connectivity index (χ4n) is 3.07. The number of hydrogen-bond acceptors (Lipinski definition) is 4. The molecule has 0 saturated carbocycles. The maximum absolute atomic E-state index is 12.5. The van der Waals surface area contributed by atoms with Crippen molar-refractivity contribution in [2.75, 3.05) is 20.3 Å². The quantitative estimate of drug-likeness (QED) is 0.751. The highest BCUT2D eigenvalue weighted by atomic mass is 16.5. The topological polar surface area (TPSA) is 55.8 Å². The second kappa shape index (κ2) is 8.71. The van der Waals surface area contributed by atoms with Gasteiger partial charge in [-0.05, 0) is 43.2 Å². The van der Waals surface area contributed by atoms with Crippen LogP contribution in [0.5, 0.6) is 5.75 Å². The molecule has 1 aliphatic heterocycles. The number of likely N-dealkylation sites (tertiary alicyclic amines) is 1. The number of rotatable bonds is 6. The van der Waals surface area contributed by atoms with E-state index >= 15 is 0 Å². The van der Waals surface area contributed by atoms with Crippen LogP contribution in [0.1, 0.15) is 51.0 Å². The van der Waals surface area contributed by atoms with Gasteiger partial charge >= 0.3 is 5.97 Å². The van der Waals surface area contributed by atoms with Gasteiger partial charge in [0.1, 0.15) is 11.8 Å². The van der Waals surface area contributed by atoms with Crippen LogP contribution < -0.4 is 4.74 Å². The predicted molar refractivity (Wildman–Crippen MR) is 92.0 cm³/mol. The largest absolute Gasteiger partial charge is 0.483 e. The summed E-state index contributed by atoms with van der Waals surface area (Å²) in [6.07, 6.45) is 3.50. The summed E-state index contributed by atoms with van der Waals surface area (Å²) in [6.45, 7) is 4.79. The molecule has 1 heterocycles. The molecule has 0 radical (unpaired) electrons. The van der Waals surface area contributed by atoms with E-state index in [-0.39, 0.29) is 18.5 Å². The summed E-state index contributed by atoms with van der Waals surface area (Å²) in [5.41, 5.74) is 1.11. The minimum Gasteiger partial charge on any atom is -0.483 e. The third kappa shape index (κ3) is 4.28. The Labute approximate surface area is 143 Å². The summed E-state index contributed by atoms with van der Waals surface area (Å²) in [7, 11) is 1.36. The summed E-state index contributed by atoms with van der Waals surface area (Å²) in [6, 6.07) is 7.33. The van der Waals surface area contributed by atoms with Gasteiger partial charge in [0.25, 0.3) is 5.91 Å². The van der Waals surface area contributed by atoms with E-state index in [0.717, 1.165) is 30.6 Å². The maximum Gasteiger partial charge on any atom is 0.328 e. The number of carbonyl (C=O) groups excluding carboxylic acids is 2. The lowest BCUT2D eigenvalue weighted by molar-refractivity contribution is -0.155. The average molecular weight is 333 g/mol. The first kappa shape index (κ1) is 18.3. The highest BCUT2D eigenvalue weighted by molar-refractivity contribution is 5.85. The summed E-state index contributed by atoms with van der Waals surface area (Å²) in [5.74, 6) is 0.605. The number of carbonyl (C=O) groups is 2. The smallest absolute Gasteiger partial charge is 0.328 e. The Morgan fingerprint density at radius 2 is 2.04 bits per heavy atom. The molecule has 1 fully saturated rings. The van der Waals surface area contributed by atoms with Gasteiger partial charge in [0.15, 0.2) is 6.61 Å². The first-order valence-corrected chi connectivity index (χ1v) is 8.67. The molecule has 5 heteroatoms. The van der Waals surface area contributed by atoms with E-state index < -0.39 is 6.04 Å². The van der Waals surface area contributed by atoms with Crippen molar-refractivity contribution in [2.24, 2.45) is 0 Å². The van der Waals surface area contributed by atoms with Gasteiger partial charge in [-0.3, -0.25) is 4.79 Å². The lowest BCUT2D eigenvalue weighted by Gasteiger charge is -2.33. The second-order valence-electron chi connectivity index (χ2n) is 6.26. The van der Waals surface area contributed by atoms with Crippen molar-refractivity contribution in [1.82, 2.24) is 4.90 Å². The van der Waals surface area contributed by atoms with Crippen molar-refractivity contribution in [3.8, 4) is 5.75 Å². The molecule has 2 unspecified atom stereocenters. The molecular formula is C19H27NO4. The van der Waals surface area contributed by atoms with Gasteiger partial charge in [-0.25, -0.2) is 4.79 Å². The van der Waals surface area contributed by atoms with Crippen molar-refractivity contribution >= 4 is 11.9 Å². The normalized spacial score (nSPS) is 18.8. The Morgan fingerprint density at radius 3 is 2.75 bits per heavy atom. The van der Waals surface area contributed by atoms with Crippen LogP contribution in [-0.4, -0.2) is 43.1 Å². The van der Waals surface area contributed by atoms with Crippen molar-refractivity contribution in [1.29, 1.82) is 0 Å². The highest BCUT2D eigenvalue weighted by Gasteiger charge is 2.33. The zero-order valence-electron chi connectivity index (χ0n) is 14.8. The number of methoxy groups -OCH3 is 1. The number of esters is 1. The molecule has 1 saturated heterocycles. The number of hydrogen-bond donors (Lipinski definition) is 0. The third-order valence-corrected chi connectivity index (χ3v) is 4.71. The van der Waals surface area contributed by atoms with Gasteiger partial charge in [0, 0.05) is 6.54 Å². The van der Waals surface area contributed by atoms with Crippen LogP contribution in [0.4, 0.5) is 0 Å². The SMILES string of the molecule is CCC(C)c1ccccc1OCC(=O)N1CCCCC1C(=O)OC. The number of piperidine rings is 1. The van der Waals surface area contributed by atoms with Crippen LogP contribution in [0, 0.1) is 0 Å². The molecule has 1 amide bonds. The summed E-state index contributed by atoms with van der Waals surface area (Å²) < 4.78 is 10.6. The molecule has 0 aliphatic carbocycles. The van der Waals surface area contributed by atoms with Gasteiger partial charge in [-0.1, -0.05) is 32.0 Å². The molecular weight excluding hydrogens is 306 g/mol. The number of ether oxygens (including phenoxy) is 2. The lowest BCUT2D eigenvalue weighted by atomic mass is 9.98. The predicted octanol–water partition coefficient (Wildman–Crippen LogP) is 3.13. The maximum atomic E-state index is 12.5. The average Bonchev–Trinajstić information content (AvgIpc) is 2.65. The van der Waals surface area contributed by atoms with E-state index in [1.807, 2.05) is 24.3 Å². The molecule has 5 nitrogen and oxygen atoms in total. The first-order valence-electron chi connectivity index (χ1n) is 8.67. The third-order valence-electron chi connectivity index (χ3n) is 4.71. The van der Waals surface area contributed by atoms with Crippen molar-refractivity contribution in [3.05, 3.63) is 29.8 Å². The standard InChI is InChI=1S/C19H27NO4/c1-4-14(2)15-9-5-6-11-17(15)24-13-18(21)20-12-8-7-10-16(20)19(22)23-3/h5-6,9,11,14,16H,4,7-8,10,12-13H2,1-3H3. The molecule has 1 aromatic carbocycles. The molecule has 2 rings (SSSR count).